The van der Waals surface area contributed by atoms with Gasteiger partial charge in [0, 0.05) is 23.5 Å². The van der Waals surface area contributed by atoms with Crippen LogP contribution in [-0.2, 0) is 9.59 Å². The van der Waals surface area contributed by atoms with E-state index < -0.39 is 17.4 Å². The highest BCUT2D eigenvalue weighted by Crippen LogP contribution is 2.34. The lowest BCUT2D eigenvalue weighted by Crippen LogP contribution is -2.46. The summed E-state index contributed by atoms with van der Waals surface area (Å²) >= 11 is 6.05. The van der Waals surface area contributed by atoms with Crippen molar-refractivity contribution in [1.82, 2.24) is 9.97 Å². The highest BCUT2D eigenvalue weighted by Gasteiger charge is 2.36. The number of halogens is 1. The van der Waals surface area contributed by atoms with E-state index in [1.165, 1.54) is 7.11 Å². The molecule has 10 heteroatoms. The van der Waals surface area contributed by atoms with Gasteiger partial charge >= 0.3 is 0 Å². The van der Waals surface area contributed by atoms with E-state index in [0.29, 0.717) is 22.4 Å². The predicted octanol–water partition coefficient (Wildman–Crippen LogP) is 3.26. The van der Waals surface area contributed by atoms with Crippen molar-refractivity contribution in [2.45, 2.75) is 57.5 Å². The lowest BCUT2D eigenvalue weighted by Gasteiger charge is -2.39. The Balaban J connectivity index is 1.69. The molecule has 4 rings (SSSR count). The first kappa shape index (κ1) is 22.1. The third-order valence-corrected chi connectivity index (χ3v) is 6.35. The molecule has 3 unspecified atom stereocenters. The lowest BCUT2D eigenvalue weighted by molar-refractivity contribution is -0.123. The monoisotopic (exact) mass is 459 g/mol. The topological polar surface area (TPSA) is 116 Å². The summed E-state index contributed by atoms with van der Waals surface area (Å²) < 4.78 is 5.27. The number of methoxy groups -OCH3 is 1. The maximum absolute atomic E-state index is 13.1. The van der Waals surface area contributed by atoms with Gasteiger partial charge in [0.2, 0.25) is 17.8 Å². The Kier molecular flexibility index (Phi) is 6.10. The van der Waals surface area contributed by atoms with E-state index >= 15 is 0 Å². The first-order valence-corrected chi connectivity index (χ1v) is 11.0. The number of aromatic amines is 1. The van der Waals surface area contributed by atoms with Crippen molar-refractivity contribution in [3.8, 4) is 5.75 Å². The van der Waals surface area contributed by atoms with Crippen LogP contribution in [0.1, 0.15) is 51.0 Å². The highest BCUT2D eigenvalue weighted by molar-refractivity contribution is 6.31. The van der Waals surface area contributed by atoms with Crippen LogP contribution in [0, 0.1) is 0 Å². The Morgan fingerprint density at radius 3 is 2.66 bits per heavy atom. The summed E-state index contributed by atoms with van der Waals surface area (Å²) in [5, 5.41) is 5.81. The molecule has 0 spiro atoms. The molecule has 0 radical (unpaired) electrons. The number of hydrogen-bond donors (Lipinski definition) is 3. The zero-order valence-electron chi connectivity index (χ0n) is 18.2. The number of fused-ring (bicyclic) bond motifs is 1. The standard InChI is InChI=1S/C22H26ClN5O4/c1-11-5-4-6-12(2)28(11)22-26-19-18(21(31)27-22)14(10-17(29)25-19)20(30)24-15-9-13(23)7-8-16(15)32-3/h7-9,11-12,14H,4-6,10H2,1-3H3,(H,24,30)(H2,25,26,27,29,31). The summed E-state index contributed by atoms with van der Waals surface area (Å²) in [6.45, 7) is 4.17. The van der Waals surface area contributed by atoms with Crippen LogP contribution in [0.2, 0.25) is 5.02 Å². The molecule has 2 aromatic rings. The maximum atomic E-state index is 13.1. The second-order valence-electron chi connectivity index (χ2n) is 8.33. The summed E-state index contributed by atoms with van der Waals surface area (Å²) in [6.07, 6.45) is 2.93. The molecule has 1 aromatic heterocycles. The fourth-order valence-corrected chi connectivity index (χ4v) is 4.71. The number of anilines is 3. The molecule has 0 bridgehead atoms. The molecule has 3 heterocycles. The number of nitrogens with zero attached hydrogens (tertiary/aromatic N) is 2. The van der Waals surface area contributed by atoms with E-state index in [1.54, 1.807) is 18.2 Å². The molecule has 1 fully saturated rings. The first-order valence-electron chi connectivity index (χ1n) is 10.6. The molecule has 1 aromatic carbocycles. The normalized spacial score (nSPS) is 22.7. The number of carbonyl (C=O) groups is 2. The summed E-state index contributed by atoms with van der Waals surface area (Å²) in [5.74, 6) is -0.932. The number of rotatable bonds is 4. The van der Waals surface area contributed by atoms with Crippen LogP contribution >= 0.6 is 11.6 Å². The summed E-state index contributed by atoms with van der Waals surface area (Å²) in [6, 6.07) is 5.22. The molecular weight excluding hydrogens is 434 g/mol. The van der Waals surface area contributed by atoms with Crippen molar-refractivity contribution in [3.05, 3.63) is 39.1 Å². The van der Waals surface area contributed by atoms with Crippen LogP contribution in [0.15, 0.2) is 23.0 Å². The molecule has 2 amide bonds. The number of carbonyl (C=O) groups excluding carboxylic acids is 2. The van der Waals surface area contributed by atoms with E-state index in [-0.39, 0.29) is 35.8 Å². The Bertz CT molecular complexity index is 1110. The predicted molar refractivity (Wildman–Crippen MR) is 123 cm³/mol. The smallest absolute Gasteiger partial charge is 0.258 e. The van der Waals surface area contributed by atoms with Gasteiger partial charge in [-0.15, -0.1) is 0 Å². The van der Waals surface area contributed by atoms with E-state index in [1.807, 2.05) is 0 Å². The number of aromatic nitrogens is 2. The van der Waals surface area contributed by atoms with Gasteiger partial charge in [-0.3, -0.25) is 19.4 Å². The molecule has 9 nitrogen and oxygen atoms in total. The largest absolute Gasteiger partial charge is 0.495 e. The van der Waals surface area contributed by atoms with Crippen LogP contribution < -0.4 is 25.8 Å². The Morgan fingerprint density at radius 2 is 1.97 bits per heavy atom. The van der Waals surface area contributed by atoms with E-state index in [2.05, 4.69) is 39.3 Å². The number of benzene rings is 1. The van der Waals surface area contributed by atoms with Gasteiger partial charge in [0.25, 0.3) is 5.56 Å². The maximum Gasteiger partial charge on any atom is 0.258 e. The minimum atomic E-state index is -0.996. The zero-order chi connectivity index (χ0) is 23.0. The van der Waals surface area contributed by atoms with Crippen molar-refractivity contribution in [1.29, 1.82) is 0 Å². The Morgan fingerprint density at radius 1 is 1.25 bits per heavy atom. The van der Waals surface area contributed by atoms with Gasteiger partial charge in [0.15, 0.2) is 0 Å². The second kappa shape index (κ2) is 8.82. The van der Waals surface area contributed by atoms with Gasteiger partial charge in [0.1, 0.15) is 11.6 Å². The summed E-state index contributed by atoms with van der Waals surface area (Å²) in [7, 11) is 1.47. The number of piperidine rings is 1. The van der Waals surface area contributed by atoms with Crippen LogP contribution in [0.25, 0.3) is 0 Å². The average Bonchev–Trinajstić information content (AvgIpc) is 2.73. The number of ether oxygens (including phenoxy) is 1. The fraction of sp³-hybridized carbons (Fsp3) is 0.455. The molecule has 1 saturated heterocycles. The average molecular weight is 460 g/mol. The third-order valence-electron chi connectivity index (χ3n) is 6.11. The third kappa shape index (κ3) is 4.17. The minimum absolute atomic E-state index is 0.128. The molecule has 32 heavy (non-hydrogen) atoms. The van der Waals surface area contributed by atoms with Crippen LogP contribution in [0.5, 0.6) is 5.75 Å². The first-order chi connectivity index (χ1) is 15.3. The molecule has 2 aliphatic rings. The molecule has 170 valence electrons. The number of hydrogen-bond acceptors (Lipinski definition) is 6. The van der Waals surface area contributed by atoms with Crippen molar-refractivity contribution in [2.75, 3.05) is 22.6 Å². The number of nitrogens with one attached hydrogen (secondary N) is 3. The second-order valence-corrected chi connectivity index (χ2v) is 8.76. The molecule has 3 N–H and O–H groups in total. The summed E-state index contributed by atoms with van der Waals surface area (Å²) in [5.41, 5.74) is 0.0619. The van der Waals surface area contributed by atoms with Gasteiger partial charge in [-0.1, -0.05) is 11.6 Å². The lowest BCUT2D eigenvalue weighted by atomic mass is 9.92. The van der Waals surface area contributed by atoms with Gasteiger partial charge in [-0.05, 0) is 51.3 Å². The number of H-pyrrole nitrogens is 1. The van der Waals surface area contributed by atoms with Gasteiger partial charge in [0.05, 0.1) is 24.3 Å². The number of amides is 2. The van der Waals surface area contributed by atoms with Crippen LogP contribution in [0.4, 0.5) is 17.5 Å². The van der Waals surface area contributed by atoms with Crippen molar-refractivity contribution >= 4 is 40.9 Å². The summed E-state index contributed by atoms with van der Waals surface area (Å²) in [4.78, 5) is 48.1. The SMILES string of the molecule is COc1ccc(Cl)cc1NC(=O)C1CC(=O)Nc2nc(N3C(C)CCCC3C)[nH]c(=O)c21. The molecule has 0 aliphatic carbocycles. The van der Waals surface area contributed by atoms with Crippen molar-refractivity contribution in [3.63, 3.8) is 0 Å². The van der Waals surface area contributed by atoms with Crippen molar-refractivity contribution < 1.29 is 14.3 Å². The van der Waals surface area contributed by atoms with E-state index in [4.69, 9.17) is 16.3 Å². The Labute approximate surface area is 190 Å². The van der Waals surface area contributed by atoms with Crippen LogP contribution in [-0.4, -0.2) is 41.0 Å². The highest BCUT2D eigenvalue weighted by atomic mass is 35.5. The molecular formula is C22H26ClN5O4. The zero-order valence-corrected chi connectivity index (χ0v) is 19.0. The van der Waals surface area contributed by atoms with Crippen LogP contribution in [0.3, 0.4) is 0 Å². The molecule has 0 saturated carbocycles. The van der Waals surface area contributed by atoms with Crippen molar-refractivity contribution in [2.24, 2.45) is 0 Å². The van der Waals surface area contributed by atoms with Gasteiger partial charge in [-0.2, -0.15) is 4.98 Å². The van der Waals surface area contributed by atoms with E-state index in [9.17, 15) is 14.4 Å². The quantitative estimate of drug-likeness (QED) is 0.646. The Hall–Kier alpha value is -3.07. The molecule has 3 atom stereocenters. The van der Waals surface area contributed by atoms with Gasteiger partial charge in [-0.25, -0.2) is 0 Å². The fourth-order valence-electron chi connectivity index (χ4n) is 4.54. The molecule has 2 aliphatic heterocycles. The minimum Gasteiger partial charge on any atom is -0.495 e. The van der Waals surface area contributed by atoms with E-state index in [0.717, 1.165) is 19.3 Å². The van der Waals surface area contributed by atoms with Gasteiger partial charge < -0.3 is 20.3 Å².